The molecule has 23 heavy (non-hydrogen) atoms. The molecule has 0 amide bonds. The van der Waals surface area contributed by atoms with Crippen LogP contribution in [0.5, 0.6) is 0 Å². The highest BCUT2D eigenvalue weighted by atomic mass is 32.1. The molecular formula is C16H17N3O3S. The number of fused-ring (bicyclic) bond motifs is 1. The zero-order valence-corrected chi connectivity index (χ0v) is 13.6. The Morgan fingerprint density at radius 3 is 3.22 bits per heavy atom. The summed E-state index contributed by atoms with van der Waals surface area (Å²) in [5.41, 5.74) is 0.689. The largest absolute Gasteiger partial charge is 0.464 e. The fourth-order valence-electron chi connectivity index (χ4n) is 2.93. The molecule has 0 bridgehead atoms. The number of thiophene rings is 1. The second-order valence-corrected chi connectivity index (χ2v) is 6.59. The van der Waals surface area contributed by atoms with Gasteiger partial charge in [-0.2, -0.15) is 0 Å². The van der Waals surface area contributed by atoms with E-state index < -0.39 is 0 Å². The number of aromatic nitrogens is 2. The highest BCUT2D eigenvalue weighted by Gasteiger charge is 2.19. The third-order valence-corrected chi connectivity index (χ3v) is 4.85. The van der Waals surface area contributed by atoms with Gasteiger partial charge in [-0.3, -0.25) is 9.69 Å². The fraction of sp³-hybridized carbons (Fsp3) is 0.375. The first-order chi connectivity index (χ1) is 11.2. The van der Waals surface area contributed by atoms with Crippen molar-refractivity contribution < 1.29 is 9.15 Å². The number of rotatable bonds is 3. The van der Waals surface area contributed by atoms with Gasteiger partial charge in [-0.1, -0.05) is 0 Å². The molecule has 120 valence electrons. The monoisotopic (exact) mass is 331 g/mol. The van der Waals surface area contributed by atoms with E-state index in [0.29, 0.717) is 23.5 Å². The Labute approximate surface area is 136 Å². The SMILES string of the molecule is CC1CN(Cc2nc3scc(-c4ccco4)c3c(=O)[nH]2)CCO1. The third-order valence-electron chi connectivity index (χ3n) is 3.98. The summed E-state index contributed by atoms with van der Waals surface area (Å²) in [5, 5.41) is 2.52. The minimum absolute atomic E-state index is 0.112. The number of hydrogen-bond donors (Lipinski definition) is 1. The molecule has 0 aromatic carbocycles. The average Bonchev–Trinajstić information content (AvgIpc) is 3.15. The summed E-state index contributed by atoms with van der Waals surface area (Å²) in [7, 11) is 0. The lowest BCUT2D eigenvalue weighted by Crippen LogP contribution is -2.41. The van der Waals surface area contributed by atoms with Crippen molar-refractivity contribution in [3.8, 4) is 11.3 Å². The molecule has 6 nitrogen and oxygen atoms in total. The molecule has 1 fully saturated rings. The van der Waals surface area contributed by atoms with Crippen molar-refractivity contribution in [3.05, 3.63) is 40.0 Å². The first kappa shape index (κ1) is 14.6. The molecule has 1 saturated heterocycles. The van der Waals surface area contributed by atoms with Crippen LogP contribution in [0.1, 0.15) is 12.7 Å². The van der Waals surface area contributed by atoms with E-state index in [1.54, 1.807) is 6.26 Å². The van der Waals surface area contributed by atoms with Crippen molar-refractivity contribution in [2.45, 2.75) is 19.6 Å². The molecule has 4 heterocycles. The van der Waals surface area contributed by atoms with Crippen molar-refractivity contribution in [2.75, 3.05) is 19.7 Å². The summed E-state index contributed by atoms with van der Waals surface area (Å²) >= 11 is 1.47. The molecule has 3 aromatic heterocycles. The number of nitrogens with one attached hydrogen (secondary N) is 1. The molecule has 1 aliphatic rings. The Morgan fingerprint density at radius 1 is 1.52 bits per heavy atom. The number of aromatic amines is 1. The van der Waals surface area contributed by atoms with Crippen LogP contribution in [-0.2, 0) is 11.3 Å². The maximum atomic E-state index is 12.5. The van der Waals surface area contributed by atoms with Gasteiger partial charge in [-0.15, -0.1) is 11.3 Å². The lowest BCUT2D eigenvalue weighted by molar-refractivity contribution is -0.0219. The molecule has 4 rings (SSSR count). The predicted molar refractivity (Wildman–Crippen MR) is 88.6 cm³/mol. The molecule has 1 N–H and O–H groups in total. The van der Waals surface area contributed by atoms with Crippen LogP contribution in [0.25, 0.3) is 21.5 Å². The van der Waals surface area contributed by atoms with E-state index >= 15 is 0 Å². The lowest BCUT2D eigenvalue weighted by Gasteiger charge is -2.30. The van der Waals surface area contributed by atoms with E-state index in [2.05, 4.69) is 21.8 Å². The van der Waals surface area contributed by atoms with Gasteiger partial charge in [0.05, 0.1) is 30.9 Å². The topological polar surface area (TPSA) is 71.4 Å². The number of morpholine rings is 1. The second kappa shape index (κ2) is 5.92. The Balaban J connectivity index is 1.67. The summed E-state index contributed by atoms with van der Waals surface area (Å²) in [6.45, 7) is 5.11. The molecule has 1 atom stereocenters. The Hall–Kier alpha value is -1.96. The third kappa shape index (κ3) is 2.83. The molecule has 7 heteroatoms. The minimum Gasteiger partial charge on any atom is -0.464 e. The van der Waals surface area contributed by atoms with Crippen LogP contribution in [0.4, 0.5) is 0 Å². The van der Waals surface area contributed by atoms with Gasteiger partial charge in [0.25, 0.3) is 5.56 Å². The highest BCUT2D eigenvalue weighted by molar-refractivity contribution is 7.17. The van der Waals surface area contributed by atoms with Crippen molar-refractivity contribution in [1.82, 2.24) is 14.9 Å². The molecule has 0 spiro atoms. The van der Waals surface area contributed by atoms with E-state index in [4.69, 9.17) is 9.15 Å². The zero-order valence-electron chi connectivity index (χ0n) is 12.7. The summed E-state index contributed by atoms with van der Waals surface area (Å²) < 4.78 is 11.0. The standard InChI is InChI=1S/C16H17N3O3S/c1-10-7-19(4-6-21-10)8-13-17-15(20)14-11(9-23-16(14)18-13)12-3-2-5-22-12/h2-3,5,9-10H,4,6-8H2,1H3,(H,17,18,20). The van der Waals surface area contributed by atoms with Crippen molar-refractivity contribution in [2.24, 2.45) is 0 Å². The van der Waals surface area contributed by atoms with Crippen LogP contribution >= 0.6 is 11.3 Å². The van der Waals surface area contributed by atoms with E-state index in [9.17, 15) is 4.79 Å². The molecule has 0 aliphatic carbocycles. The van der Waals surface area contributed by atoms with E-state index in [0.717, 1.165) is 30.1 Å². The first-order valence-electron chi connectivity index (χ1n) is 7.59. The normalized spacial score (nSPS) is 19.4. The van der Waals surface area contributed by atoms with Crippen LogP contribution in [0.15, 0.2) is 33.0 Å². The van der Waals surface area contributed by atoms with Crippen LogP contribution in [0.2, 0.25) is 0 Å². The molecule has 0 saturated carbocycles. The summed E-state index contributed by atoms with van der Waals surface area (Å²) in [6, 6.07) is 3.67. The number of nitrogens with zero attached hydrogens (tertiary/aromatic N) is 2. The molecule has 3 aromatic rings. The smallest absolute Gasteiger partial charge is 0.260 e. The van der Waals surface area contributed by atoms with Crippen molar-refractivity contribution in [1.29, 1.82) is 0 Å². The van der Waals surface area contributed by atoms with Gasteiger partial charge in [0, 0.05) is 24.0 Å². The second-order valence-electron chi connectivity index (χ2n) is 5.74. The fourth-order valence-corrected chi connectivity index (χ4v) is 3.87. The first-order valence-corrected chi connectivity index (χ1v) is 8.47. The summed E-state index contributed by atoms with van der Waals surface area (Å²) in [5.74, 6) is 1.39. The molecule has 0 radical (unpaired) electrons. The van der Waals surface area contributed by atoms with Crippen molar-refractivity contribution >= 4 is 21.6 Å². The van der Waals surface area contributed by atoms with Crippen LogP contribution < -0.4 is 5.56 Å². The summed E-state index contributed by atoms with van der Waals surface area (Å²) in [6.07, 6.45) is 1.82. The quantitative estimate of drug-likeness (QED) is 0.798. The molecule has 1 aliphatic heterocycles. The van der Waals surface area contributed by atoms with Gasteiger partial charge < -0.3 is 14.1 Å². The van der Waals surface area contributed by atoms with Gasteiger partial charge in [-0.25, -0.2) is 4.98 Å². The van der Waals surface area contributed by atoms with Gasteiger partial charge in [0.15, 0.2) is 0 Å². The Bertz CT molecular complexity index is 868. The zero-order chi connectivity index (χ0) is 15.8. The van der Waals surface area contributed by atoms with Gasteiger partial charge in [0.2, 0.25) is 0 Å². The maximum absolute atomic E-state index is 12.5. The van der Waals surface area contributed by atoms with Gasteiger partial charge in [-0.05, 0) is 19.1 Å². The number of hydrogen-bond acceptors (Lipinski definition) is 6. The molecular weight excluding hydrogens is 314 g/mol. The lowest BCUT2D eigenvalue weighted by atomic mass is 10.2. The highest BCUT2D eigenvalue weighted by Crippen LogP contribution is 2.30. The van der Waals surface area contributed by atoms with Crippen LogP contribution in [0, 0.1) is 0 Å². The van der Waals surface area contributed by atoms with Crippen LogP contribution in [0.3, 0.4) is 0 Å². The van der Waals surface area contributed by atoms with Crippen LogP contribution in [-0.4, -0.2) is 40.7 Å². The Morgan fingerprint density at radius 2 is 2.43 bits per heavy atom. The van der Waals surface area contributed by atoms with Crippen molar-refractivity contribution in [3.63, 3.8) is 0 Å². The number of H-pyrrole nitrogens is 1. The van der Waals surface area contributed by atoms with Gasteiger partial charge >= 0.3 is 0 Å². The summed E-state index contributed by atoms with van der Waals surface area (Å²) in [4.78, 5) is 23.0. The van der Waals surface area contributed by atoms with E-state index in [-0.39, 0.29) is 11.7 Å². The van der Waals surface area contributed by atoms with E-state index in [1.165, 1.54) is 11.3 Å². The van der Waals surface area contributed by atoms with E-state index in [1.807, 2.05) is 17.5 Å². The predicted octanol–water partition coefficient (Wildman–Crippen LogP) is 2.47. The minimum atomic E-state index is -0.112. The average molecular weight is 331 g/mol. The number of ether oxygens (including phenoxy) is 1. The molecule has 1 unspecified atom stereocenters. The maximum Gasteiger partial charge on any atom is 0.260 e. The van der Waals surface area contributed by atoms with Gasteiger partial charge in [0.1, 0.15) is 16.4 Å². The number of furan rings is 1. The Kier molecular flexibility index (Phi) is 3.76.